The van der Waals surface area contributed by atoms with Crippen LogP contribution in [-0.2, 0) is 7.05 Å². The molecule has 0 amide bonds. The molecule has 12 rings (SSSR count). The molecule has 664 valence electrons. The molecule has 0 fully saturated rings. The van der Waals surface area contributed by atoms with Crippen molar-refractivity contribution in [3.8, 4) is 0 Å². The highest BCUT2D eigenvalue weighted by Crippen LogP contribution is 2.49. The molecule has 3 nitrogen and oxygen atoms in total. The number of allylic oxidation sites excluding steroid dienone is 4. The van der Waals surface area contributed by atoms with Crippen LogP contribution in [0.5, 0.6) is 0 Å². The van der Waals surface area contributed by atoms with Crippen LogP contribution in [0, 0.1) is 346 Å². The molecule has 0 atom stereocenters. The van der Waals surface area contributed by atoms with Crippen LogP contribution in [-0.4, -0.2) is 4.57 Å². The molecule has 1 aliphatic rings. The van der Waals surface area contributed by atoms with Crippen molar-refractivity contribution in [2.75, 3.05) is 10.2 Å². The SMILES string of the molecule is CC1=C(C)C(C)=C(C)C1.Cc1c(C)c(C)c(C)c(C)c1C.Cc1c(C)c(C)c(Nc2c(C)c(C)c(C)c(C)c2C)c(C)c1C.Cc1c(C)c(C)c2c(C)c(C)c(C)c(C)c2c1C.Cc1c(C)c(C)c2c(C)c(C)c(C)c(C)c2c1C.Cc1c(C)c(C)n(C)c1C.Cc1cc(N(c2c(C)c(C)c(C)c(C)c2C)c2c(C)c(C)c(C)c(C)c2C)c(C)c(C)c1C. The number of hydrogen-bond acceptors (Lipinski definition) is 2. The topological polar surface area (TPSA) is 20.2 Å². The van der Waals surface area contributed by atoms with Gasteiger partial charge in [-0.05, 0) is 686 Å². The number of benzene rings is 10. The fraction of sp³-hybridized carbons (Fsp3) is 0.467. The predicted octanol–water partition coefficient (Wildman–Crippen LogP) is 35.5. The second-order valence-electron chi connectivity index (χ2n) is 38.7. The molecule has 0 aliphatic heterocycles. The largest absolute Gasteiger partial charge is 0.355 e. The summed E-state index contributed by atoms with van der Waals surface area (Å²) in [5, 5.41) is 9.73. The second kappa shape index (κ2) is 39.7. The maximum atomic E-state index is 3.79. The third-order valence-electron chi connectivity index (χ3n) is 34.0. The van der Waals surface area contributed by atoms with E-state index < -0.39 is 0 Å². The van der Waals surface area contributed by atoms with Gasteiger partial charge in [-0.15, -0.1) is 0 Å². The van der Waals surface area contributed by atoms with Gasteiger partial charge in [0.1, 0.15) is 0 Å². The summed E-state index contributed by atoms with van der Waals surface area (Å²) in [6, 6.07) is 2.41. The average Bonchev–Trinajstić information content (AvgIpc) is 0.899. The van der Waals surface area contributed by atoms with Gasteiger partial charge in [-0.25, -0.2) is 0 Å². The summed E-state index contributed by atoms with van der Waals surface area (Å²) >= 11 is 0. The summed E-state index contributed by atoms with van der Waals surface area (Å²) in [7, 11) is 2.12. The van der Waals surface area contributed by atoms with Gasteiger partial charge < -0.3 is 14.8 Å². The zero-order valence-electron chi connectivity index (χ0n) is 89.2. The van der Waals surface area contributed by atoms with E-state index in [1.54, 1.807) is 11.1 Å². The van der Waals surface area contributed by atoms with Crippen molar-refractivity contribution in [2.45, 2.75) is 380 Å². The molecule has 1 aromatic heterocycles. The van der Waals surface area contributed by atoms with Crippen molar-refractivity contribution in [1.82, 2.24) is 4.57 Å². The van der Waals surface area contributed by atoms with E-state index in [4.69, 9.17) is 0 Å². The van der Waals surface area contributed by atoms with Crippen molar-refractivity contribution in [1.29, 1.82) is 0 Å². The van der Waals surface area contributed by atoms with E-state index in [-0.39, 0.29) is 0 Å². The zero-order valence-corrected chi connectivity index (χ0v) is 89.2. The van der Waals surface area contributed by atoms with Gasteiger partial charge >= 0.3 is 0 Å². The number of fused-ring (bicyclic) bond motifs is 2. The van der Waals surface area contributed by atoms with Gasteiger partial charge in [0, 0.05) is 35.5 Å². The minimum Gasteiger partial charge on any atom is -0.355 e. The number of nitrogens with one attached hydrogen (secondary N) is 1. The number of nitrogens with zero attached hydrogens (tertiary/aromatic N) is 2. The van der Waals surface area contributed by atoms with Crippen LogP contribution in [0.4, 0.5) is 28.4 Å². The van der Waals surface area contributed by atoms with E-state index in [0.717, 1.165) is 0 Å². The van der Waals surface area contributed by atoms with Crippen molar-refractivity contribution in [3.05, 3.63) is 307 Å². The Morgan fingerprint density at radius 1 is 0.187 bits per heavy atom. The Labute approximate surface area is 754 Å². The summed E-state index contributed by atoms with van der Waals surface area (Å²) in [4.78, 5) is 2.60. The van der Waals surface area contributed by atoms with Crippen LogP contribution in [0.15, 0.2) is 28.4 Å². The third kappa shape index (κ3) is 19.0. The van der Waals surface area contributed by atoms with Gasteiger partial charge in [0.15, 0.2) is 0 Å². The van der Waals surface area contributed by atoms with Crippen LogP contribution < -0.4 is 10.2 Å². The van der Waals surface area contributed by atoms with Gasteiger partial charge in [0.2, 0.25) is 0 Å². The quantitative estimate of drug-likeness (QED) is 0.185. The third-order valence-corrected chi connectivity index (χ3v) is 34.0. The number of rotatable bonds is 5. The predicted molar refractivity (Wildman–Crippen MR) is 555 cm³/mol. The van der Waals surface area contributed by atoms with Crippen LogP contribution in [0.2, 0.25) is 0 Å². The molecule has 0 radical (unpaired) electrons. The van der Waals surface area contributed by atoms with E-state index >= 15 is 0 Å². The first-order valence-electron chi connectivity index (χ1n) is 45.8. The Morgan fingerprint density at radius 2 is 0.350 bits per heavy atom. The maximum absolute atomic E-state index is 3.79. The Kier molecular flexibility index (Phi) is 33.2. The highest BCUT2D eigenvalue weighted by molar-refractivity contribution is 5.99. The van der Waals surface area contributed by atoms with Gasteiger partial charge in [-0.2, -0.15) is 0 Å². The van der Waals surface area contributed by atoms with Gasteiger partial charge in [0.25, 0.3) is 0 Å². The molecular weight excluding hydrogens is 1480 g/mol. The summed E-state index contributed by atoms with van der Waals surface area (Å²) in [5.74, 6) is 0. The standard InChI is InChI=1S/C32H43N.C22H31N.2C18H24.C12H18.C9H15N.C9H14/c1-16-15-30(25(10)18(3)17(16)2)33(31-26(11)21(6)19(4)22(7)27(31)12)32-28(13)23(8)20(5)24(9)29(32)14;1-11-13(3)17(7)21(18(8)14(11)4)23-22-19(9)15(5)12(2)16(6)20(22)10;2*1-9-10(2)14(6)18-16(8)12(4)11(3)15(7)17(18)13(9)5;1-7-8(2)10(4)12(6)11(5)9(7)3;1-6-7(2)9(4)10(5)8(6)3;1-6-5-7(2)9(4)8(6)3/h15H,1-14H3;23H,1-10H3;2*1-8H3;1-6H3;1-5H3;5H2,1-4H3. The Morgan fingerprint density at radius 3 is 0.512 bits per heavy atom. The van der Waals surface area contributed by atoms with Gasteiger partial charge in [-0.3, -0.25) is 0 Å². The molecule has 10 aromatic carbocycles. The summed E-state index contributed by atoms with van der Waals surface area (Å²) in [5.41, 5.74) is 83.5. The number of anilines is 5. The smallest absolute Gasteiger partial charge is 0.0525 e. The fourth-order valence-corrected chi connectivity index (χ4v) is 19.6. The van der Waals surface area contributed by atoms with Crippen molar-refractivity contribution in [2.24, 2.45) is 7.05 Å². The normalized spacial score (nSPS) is 11.8. The molecule has 3 heteroatoms. The van der Waals surface area contributed by atoms with Crippen LogP contribution in [0.1, 0.15) is 313 Å². The lowest BCUT2D eigenvalue weighted by Crippen LogP contribution is -2.20. The van der Waals surface area contributed by atoms with Crippen LogP contribution in [0.25, 0.3) is 21.5 Å². The number of hydrogen-bond donors (Lipinski definition) is 1. The van der Waals surface area contributed by atoms with Crippen LogP contribution >= 0.6 is 0 Å². The molecular formula is C120H169N3. The molecule has 0 bridgehead atoms. The van der Waals surface area contributed by atoms with E-state index in [1.165, 1.54) is 346 Å². The second-order valence-corrected chi connectivity index (χ2v) is 38.7. The van der Waals surface area contributed by atoms with Crippen LogP contribution in [0.3, 0.4) is 0 Å². The van der Waals surface area contributed by atoms with E-state index in [2.05, 4.69) is 402 Å². The molecule has 0 spiro atoms. The molecule has 0 unspecified atom stereocenters. The lowest BCUT2D eigenvalue weighted by atomic mass is 9.83. The van der Waals surface area contributed by atoms with E-state index in [1.807, 2.05) is 0 Å². The first-order valence-corrected chi connectivity index (χ1v) is 45.8. The highest BCUT2D eigenvalue weighted by atomic mass is 15.2. The molecule has 123 heavy (non-hydrogen) atoms. The monoisotopic (exact) mass is 1650 g/mol. The number of aromatic nitrogens is 1. The Hall–Kier alpha value is -8.92. The van der Waals surface area contributed by atoms with Gasteiger partial charge in [-0.1, -0.05) is 11.1 Å². The van der Waals surface area contributed by atoms with Crippen molar-refractivity contribution >= 4 is 50.0 Å². The molecule has 1 heterocycles. The first kappa shape index (κ1) is 103. The van der Waals surface area contributed by atoms with Gasteiger partial charge in [0.05, 0.1) is 11.4 Å². The van der Waals surface area contributed by atoms with Crippen molar-refractivity contribution < 1.29 is 0 Å². The molecule has 0 saturated carbocycles. The van der Waals surface area contributed by atoms with E-state index in [9.17, 15) is 0 Å². The highest BCUT2D eigenvalue weighted by Gasteiger charge is 2.29. The average molecular weight is 1650 g/mol. The summed E-state index contributed by atoms with van der Waals surface area (Å²) < 4.78 is 2.24. The minimum absolute atomic E-state index is 1.21. The van der Waals surface area contributed by atoms with Crippen molar-refractivity contribution in [3.63, 3.8) is 0 Å². The minimum atomic E-state index is 1.21. The summed E-state index contributed by atoms with van der Waals surface area (Å²) in [6.45, 7) is 121. The first-order chi connectivity index (χ1) is 56.5. The molecule has 1 N–H and O–H groups in total. The van der Waals surface area contributed by atoms with E-state index in [0.29, 0.717) is 0 Å². The maximum Gasteiger partial charge on any atom is 0.0525 e. The molecule has 0 saturated heterocycles. The zero-order chi connectivity index (χ0) is 94.6. The molecule has 1 aliphatic carbocycles. The summed E-state index contributed by atoms with van der Waals surface area (Å²) in [6.07, 6.45) is 1.21. The number of aryl methyl sites for hydroxylation is 9. The lowest BCUT2D eigenvalue weighted by molar-refractivity contribution is 0.838. The lowest BCUT2D eigenvalue weighted by Gasteiger charge is -2.36. The molecule has 11 aromatic rings. The Bertz CT molecular complexity index is 5340. The fourth-order valence-electron chi connectivity index (χ4n) is 19.6. The Balaban J connectivity index is 0.000000232.